The second kappa shape index (κ2) is 6.49. The zero-order valence-electron chi connectivity index (χ0n) is 9.27. The molecule has 1 rings (SSSR count). The fourth-order valence-electron chi connectivity index (χ4n) is 1.20. The molecule has 0 atom stereocenters. The first kappa shape index (κ1) is 13.8. The van der Waals surface area contributed by atoms with Crippen LogP contribution in [0.2, 0.25) is 0 Å². The Morgan fingerprint density at radius 2 is 1.89 bits per heavy atom. The molecule has 1 aromatic carbocycles. The van der Waals surface area contributed by atoms with Crippen LogP contribution in [0.25, 0.3) is 0 Å². The number of nitrogens with zero attached hydrogens (tertiary/aromatic N) is 1. The van der Waals surface area contributed by atoms with Crippen molar-refractivity contribution in [3.63, 3.8) is 0 Å². The monoisotopic (exact) mass is 257 g/mol. The van der Waals surface area contributed by atoms with E-state index in [9.17, 15) is 18.0 Å². The number of amides is 1. The fraction of sp³-hybridized carbons (Fsp3) is 0.273. The molecule has 1 amide bonds. The van der Waals surface area contributed by atoms with E-state index in [0.717, 1.165) is 0 Å². The number of hydrogen-bond acceptors (Lipinski definition) is 3. The van der Waals surface area contributed by atoms with Gasteiger partial charge in [0, 0.05) is 18.7 Å². The van der Waals surface area contributed by atoms with Gasteiger partial charge in [-0.3, -0.25) is 4.79 Å². The van der Waals surface area contributed by atoms with Gasteiger partial charge in [-0.25, -0.2) is 13.2 Å². The lowest BCUT2D eigenvalue weighted by atomic mass is 10.2. The van der Waals surface area contributed by atoms with Crippen molar-refractivity contribution in [2.24, 2.45) is 0 Å². The van der Waals surface area contributed by atoms with Crippen LogP contribution in [0.3, 0.4) is 0 Å². The Morgan fingerprint density at radius 1 is 1.28 bits per heavy atom. The molecule has 18 heavy (non-hydrogen) atoms. The lowest BCUT2D eigenvalue weighted by Gasteiger charge is -2.08. The van der Waals surface area contributed by atoms with Gasteiger partial charge < -0.3 is 10.6 Å². The third kappa shape index (κ3) is 3.97. The van der Waals surface area contributed by atoms with Gasteiger partial charge in [0.25, 0.3) is 0 Å². The predicted octanol–water partition coefficient (Wildman–Crippen LogP) is 1.55. The number of rotatable bonds is 5. The molecular formula is C11H10F3N3O. The van der Waals surface area contributed by atoms with E-state index in [2.05, 4.69) is 10.6 Å². The minimum absolute atomic E-state index is 0.144. The molecule has 0 unspecified atom stereocenters. The molecule has 4 nitrogen and oxygen atoms in total. The maximum absolute atomic E-state index is 13.2. The van der Waals surface area contributed by atoms with Crippen LogP contribution in [0.5, 0.6) is 0 Å². The van der Waals surface area contributed by atoms with E-state index in [0.29, 0.717) is 12.1 Å². The highest BCUT2D eigenvalue weighted by Crippen LogP contribution is 2.19. The highest BCUT2D eigenvalue weighted by molar-refractivity contribution is 5.80. The van der Waals surface area contributed by atoms with Crippen molar-refractivity contribution in [1.29, 1.82) is 5.26 Å². The van der Waals surface area contributed by atoms with Crippen LogP contribution in [0.1, 0.15) is 6.42 Å². The molecule has 7 heteroatoms. The molecule has 0 saturated carbocycles. The summed E-state index contributed by atoms with van der Waals surface area (Å²) in [6.45, 7) is -0.212. The van der Waals surface area contributed by atoms with Crippen molar-refractivity contribution >= 4 is 11.6 Å². The molecule has 2 N–H and O–H groups in total. The maximum atomic E-state index is 13.2. The van der Waals surface area contributed by atoms with Crippen molar-refractivity contribution < 1.29 is 18.0 Å². The van der Waals surface area contributed by atoms with Crippen molar-refractivity contribution in [3.05, 3.63) is 29.6 Å². The van der Waals surface area contributed by atoms with E-state index in [-0.39, 0.29) is 19.5 Å². The normalized spacial score (nSPS) is 9.67. The van der Waals surface area contributed by atoms with E-state index in [1.165, 1.54) is 0 Å². The first-order valence-electron chi connectivity index (χ1n) is 5.06. The molecule has 0 aliphatic rings. The van der Waals surface area contributed by atoms with Gasteiger partial charge in [0.15, 0.2) is 11.6 Å². The van der Waals surface area contributed by atoms with E-state index < -0.39 is 29.0 Å². The number of anilines is 1. The molecule has 0 aliphatic carbocycles. The molecule has 96 valence electrons. The molecule has 0 aromatic heterocycles. The molecular weight excluding hydrogens is 247 g/mol. The first-order valence-corrected chi connectivity index (χ1v) is 5.06. The Bertz CT molecular complexity index is 462. The van der Waals surface area contributed by atoms with Crippen molar-refractivity contribution in [2.75, 3.05) is 18.4 Å². The summed E-state index contributed by atoms with van der Waals surface area (Å²) in [6.07, 6.45) is 0.144. The van der Waals surface area contributed by atoms with Gasteiger partial charge in [-0.2, -0.15) is 5.26 Å². The summed E-state index contributed by atoms with van der Waals surface area (Å²) in [4.78, 5) is 11.2. The number of nitrogens with one attached hydrogen (secondary N) is 2. The van der Waals surface area contributed by atoms with Crippen molar-refractivity contribution in [3.8, 4) is 6.07 Å². The molecule has 0 fully saturated rings. The second-order valence-corrected chi connectivity index (χ2v) is 3.36. The minimum Gasteiger partial charge on any atom is -0.371 e. The van der Waals surface area contributed by atoms with Crippen LogP contribution >= 0.6 is 0 Å². The van der Waals surface area contributed by atoms with E-state index in [4.69, 9.17) is 5.26 Å². The number of carbonyl (C=O) groups excluding carboxylic acids is 1. The smallest absolute Gasteiger partial charge is 0.239 e. The van der Waals surface area contributed by atoms with Gasteiger partial charge in [0.05, 0.1) is 19.0 Å². The fourth-order valence-corrected chi connectivity index (χ4v) is 1.20. The van der Waals surface area contributed by atoms with E-state index in [1.807, 2.05) is 6.07 Å². The second-order valence-electron chi connectivity index (χ2n) is 3.36. The maximum Gasteiger partial charge on any atom is 0.239 e. The number of benzene rings is 1. The summed E-state index contributed by atoms with van der Waals surface area (Å²) in [7, 11) is 0. The number of carbonyl (C=O) groups is 1. The van der Waals surface area contributed by atoms with Crippen LogP contribution in [-0.2, 0) is 4.79 Å². The van der Waals surface area contributed by atoms with Crippen LogP contribution < -0.4 is 10.6 Å². The topological polar surface area (TPSA) is 64.9 Å². The Balaban J connectivity index is 2.54. The van der Waals surface area contributed by atoms with Gasteiger partial charge in [0.1, 0.15) is 11.5 Å². The number of halogens is 3. The third-order valence-electron chi connectivity index (χ3n) is 1.99. The Labute approximate surface area is 101 Å². The summed E-state index contributed by atoms with van der Waals surface area (Å²) in [6, 6.07) is 2.85. The summed E-state index contributed by atoms with van der Waals surface area (Å²) in [5.74, 6) is -3.78. The molecule has 1 aromatic rings. The van der Waals surface area contributed by atoms with Crippen LogP contribution in [0, 0.1) is 28.8 Å². The summed E-state index contributed by atoms with van der Waals surface area (Å²) in [5, 5.41) is 12.8. The predicted molar refractivity (Wildman–Crippen MR) is 58.0 cm³/mol. The molecule has 0 heterocycles. The minimum atomic E-state index is -1.11. The zero-order chi connectivity index (χ0) is 13.5. The van der Waals surface area contributed by atoms with Crippen LogP contribution in [-0.4, -0.2) is 19.0 Å². The molecule has 0 aliphatic heterocycles. The lowest BCUT2D eigenvalue weighted by Crippen LogP contribution is -2.30. The average Bonchev–Trinajstić information content (AvgIpc) is 2.27. The molecule has 0 bridgehead atoms. The summed E-state index contributed by atoms with van der Waals surface area (Å²) < 4.78 is 38.9. The quantitative estimate of drug-likeness (QED) is 0.786. The van der Waals surface area contributed by atoms with Crippen LogP contribution in [0.15, 0.2) is 12.1 Å². The lowest BCUT2D eigenvalue weighted by molar-refractivity contribution is -0.119. The zero-order valence-corrected chi connectivity index (χ0v) is 9.27. The Kier molecular flexibility index (Phi) is 4.99. The van der Waals surface area contributed by atoms with E-state index in [1.54, 1.807) is 0 Å². The van der Waals surface area contributed by atoms with Crippen molar-refractivity contribution in [1.82, 2.24) is 5.32 Å². The first-order chi connectivity index (χ1) is 8.54. The molecule has 0 saturated heterocycles. The highest BCUT2D eigenvalue weighted by atomic mass is 19.1. The standard InChI is InChI=1S/C11H10F3N3O/c12-7-4-8(13)11(9(14)5-7)17-6-10(18)16-3-1-2-15/h4-5,17H,1,3,6H2,(H,16,18). The van der Waals surface area contributed by atoms with Crippen LogP contribution in [0.4, 0.5) is 18.9 Å². The molecule has 0 radical (unpaired) electrons. The van der Waals surface area contributed by atoms with E-state index >= 15 is 0 Å². The SMILES string of the molecule is N#CCCNC(=O)CNc1c(F)cc(F)cc1F. The molecule has 0 spiro atoms. The number of nitriles is 1. The van der Waals surface area contributed by atoms with Gasteiger partial charge in [-0.15, -0.1) is 0 Å². The van der Waals surface area contributed by atoms with Gasteiger partial charge >= 0.3 is 0 Å². The van der Waals surface area contributed by atoms with Crippen molar-refractivity contribution in [2.45, 2.75) is 6.42 Å². The summed E-state index contributed by atoms with van der Waals surface area (Å²) >= 11 is 0. The van der Waals surface area contributed by atoms with Gasteiger partial charge in [0.2, 0.25) is 5.91 Å². The van der Waals surface area contributed by atoms with Gasteiger partial charge in [-0.1, -0.05) is 0 Å². The third-order valence-corrected chi connectivity index (χ3v) is 1.99. The largest absolute Gasteiger partial charge is 0.371 e. The average molecular weight is 257 g/mol. The Morgan fingerprint density at radius 3 is 2.44 bits per heavy atom. The van der Waals surface area contributed by atoms with Gasteiger partial charge in [-0.05, 0) is 0 Å². The Hall–Kier alpha value is -2.23. The number of hydrogen-bond donors (Lipinski definition) is 2. The summed E-state index contributed by atoms with van der Waals surface area (Å²) in [5.41, 5.74) is -0.563. The highest BCUT2D eigenvalue weighted by Gasteiger charge is 2.12.